The number of nitrogens with zero attached hydrogens (tertiary/aromatic N) is 1. The summed E-state index contributed by atoms with van der Waals surface area (Å²) in [6.45, 7) is 0.0872. The van der Waals surface area contributed by atoms with Crippen molar-refractivity contribution in [1.82, 2.24) is 9.72 Å². The van der Waals surface area contributed by atoms with E-state index in [4.69, 9.17) is 5.11 Å². The molecule has 7 heteroatoms. The van der Waals surface area contributed by atoms with E-state index in [0.29, 0.717) is 0 Å². The summed E-state index contributed by atoms with van der Waals surface area (Å²) in [6, 6.07) is 0. The Morgan fingerprint density at radius 3 is 2.69 bits per heavy atom. The van der Waals surface area contributed by atoms with E-state index in [-0.39, 0.29) is 19.4 Å². The van der Waals surface area contributed by atoms with E-state index in [2.05, 4.69) is 4.52 Å². The highest BCUT2D eigenvalue weighted by Crippen LogP contribution is 1.90. The monoisotopic (exact) mass is 188 g/mol. The van der Waals surface area contributed by atoms with Crippen molar-refractivity contribution in [3.63, 3.8) is 0 Å². The highest BCUT2D eigenvalue weighted by atomic mass is 16.5. The molecule has 0 bridgehead atoms. The second-order valence-electron chi connectivity index (χ2n) is 2.41. The van der Waals surface area contributed by atoms with Crippen LogP contribution in [0.15, 0.2) is 14.1 Å². The van der Waals surface area contributed by atoms with Crippen LogP contribution < -0.4 is 11.4 Å². The van der Waals surface area contributed by atoms with Gasteiger partial charge in [-0.2, -0.15) is 4.74 Å². The molecule has 0 radical (unpaired) electrons. The van der Waals surface area contributed by atoms with E-state index in [1.54, 1.807) is 0 Å². The standard InChI is InChI=1S/C6H8N2O5/c9-4(10)2-1-3-8-5(11)7-6(12)13-8/h1-3H2,(H,9,10)(H,7,11,12). The summed E-state index contributed by atoms with van der Waals surface area (Å²) in [5.41, 5.74) is -0.657. The van der Waals surface area contributed by atoms with Crippen LogP contribution in [0.3, 0.4) is 0 Å². The number of carboxylic acid groups (broad SMARTS) is 1. The molecule has 0 spiro atoms. The Balaban J connectivity index is 2.55. The van der Waals surface area contributed by atoms with Crippen LogP contribution in [0, 0.1) is 0 Å². The first-order valence-corrected chi connectivity index (χ1v) is 3.62. The van der Waals surface area contributed by atoms with Crippen molar-refractivity contribution in [1.29, 1.82) is 0 Å². The largest absolute Gasteiger partial charge is 0.481 e. The molecule has 1 aromatic rings. The Labute approximate surface area is 71.6 Å². The van der Waals surface area contributed by atoms with Crippen molar-refractivity contribution in [2.24, 2.45) is 0 Å². The number of carbonyl (C=O) groups is 1. The zero-order chi connectivity index (χ0) is 9.84. The number of carboxylic acids is 1. The summed E-state index contributed by atoms with van der Waals surface area (Å²) >= 11 is 0. The van der Waals surface area contributed by atoms with Gasteiger partial charge in [-0.1, -0.05) is 0 Å². The van der Waals surface area contributed by atoms with Crippen molar-refractivity contribution < 1.29 is 14.4 Å². The summed E-state index contributed by atoms with van der Waals surface area (Å²) in [5.74, 6) is -1.79. The van der Waals surface area contributed by atoms with E-state index in [1.807, 2.05) is 4.98 Å². The van der Waals surface area contributed by atoms with Crippen LogP contribution in [-0.4, -0.2) is 20.8 Å². The molecule has 0 unspecified atom stereocenters. The van der Waals surface area contributed by atoms with E-state index in [1.165, 1.54) is 0 Å². The summed E-state index contributed by atoms with van der Waals surface area (Å²) < 4.78 is 5.19. The van der Waals surface area contributed by atoms with E-state index < -0.39 is 17.4 Å². The smallest absolute Gasteiger partial charge is 0.440 e. The lowest BCUT2D eigenvalue weighted by molar-refractivity contribution is -0.137. The predicted octanol–water partition coefficient (Wildman–Crippen LogP) is -1.01. The molecule has 2 N–H and O–H groups in total. The van der Waals surface area contributed by atoms with Crippen LogP contribution in [0.1, 0.15) is 12.8 Å². The Bertz CT molecular complexity index is 398. The van der Waals surface area contributed by atoms with Crippen molar-refractivity contribution in [3.05, 3.63) is 21.0 Å². The number of aryl methyl sites for hydroxylation is 1. The van der Waals surface area contributed by atoms with Gasteiger partial charge in [0.05, 0.1) is 6.54 Å². The van der Waals surface area contributed by atoms with Gasteiger partial charge in [0.2, 0.25) is 0 Å². The fraction of sp³-hybridized carbons (Fsp3) is 0.500. The SMILES string of the molecule is O=C(O)CCCn1oc(=O)[nH]c1=O. The lowest BCUT2D eigenvalue weighted by atomic mass is 10.3. The summed E-state index contributed by atoms with van der Waals surface area (Å²) in [4.78, 5) is 33.2. The topological polar surface area (TPSA) is 105 Å². The minimum Gasteiger partial charge on any atom is -0.481 e. The van der Waals surface area contributed by atoms with Gasteiger partial charge in [0.1, 0.15) is 0 Å². The van der Waals surface area contributed by atoms with Crippen molar-refractivity contribution in [3.8, 4) is 0 Å². The van der Waals surface area contributed by atoms with Gasteiger partial charge in [-0.05, 0) is 6.42 Å². The molecule has 1 rings (SSSR count). The maximum absolute atomic E-state index is 10.8. The maximum Gasteiger partial charge on any atom is 0.440 e. The number of H-pyrrole nitrogens is 1. The Morgan fingerprint density at radius 1 is 1.54 bits per heavy atom. The van der Waals surface area contributed by atoms with Gasteiger partial charge in [-0.15, -0.1) is 0 Å². The minimum absolute atomic E-state index is 0.0681. The Kier molecular flexibility index (Phi) is 2.68. The first-order chi connectivity index (χ1) is 6.09. The van der Waals surface area contributed by atoms with Gasteiger partial charge in [0.25, 0.3) is 0 Å². The molecule has 0 aliphatic rings. The number of aromatic amines is 1. The molecule has 0 aliphatic carbocycles. The zero-order valence-electron chi connectivity index (χ0n) is 6.65. The molecule has 0 aromatic carbocycles. The fourth-order valence-corrected chi connectivity index (χ4v) is 0.835. The molecule has 0 saturated carbocycles. The van der Waals surface area contributed by atoms with Crippen LogP contribution >= 0.6 is 0 Å². The molecule has 13 heavy (non-hydrogen) atoms. The normalized spacial score (nSPS) is 10.2. The fourth-order valence-electron chi connectivity index (χ4n) is 0.835. The van der Waals surface area contributed by atoms with Gasteiger partial charge >= 0.3 is 17.4 Å². The summed E-state index contributed by atoms with van der Waals surface area (Å²) in [6.07, 6.45) is 0.178. The molecule has 7 nitrogen and oxygen atoms in total. The van der Waals surface area contributed by atoms with Gasteiger partial charge in [-0.25, -0.2) is 14.6 Å². The first-order valence-electron chi connectivity index (χ1n) is 3.62. The summed E-state index contributed by atoms with van der Waals surface area (Å²) in [5, 5.41) is 8.28. The Morgan fingerprint density at radius 2 is 2.23 bits per heavy atom. The van der Waals surface area contributed by atoms with Crippen molar-refractivity contribution >= 4 is 5.97 Å². The van der Waals surface area contributed by atoms with Crippen LogP contribution in [0.25, 0.3) is 0 Å². The zero-order valence-corrected chi connectivity index (χ0v) is 6.65. The third-order valence-corrected chi connectivity index (χ3v) is 1.38. The first kappa shape index (κ1) is 9.30. The number of nitrogens with one attached hydrogen (secondary N) is 1. The minimum atomic E-state index is -0.953. The van der Waals surface area contributed by atoms with Crippen LogP contribution in [0.2, 0.25) is 0 Å². The predicted molar refractivity (Wildman–Crippen MR) is 40.5 cm³/mol. The molecule has 0 saturated heterocycles. The molecular weight excluding hydrogens is 180 g/mol. The third kappa shape index (κ3) is 2.62. The van der Waals surface area contributed by atoms with E-state index >= 15 is 0 Å². The second kappa shape index (κ2) is 3.74. The molecule has 1 heterocycles. The number of rotatable bonds is 4. The third-order valence-electron chi connectivity index (χ3n) is 1.38. The number of aliphatic carboxylic acids is 1. The summed E-state index contributed by atoms with van der Waals surface area (Å²) in [7, 11) is 0. The molecule has 72 valence electrons. The van der Waals surface area contributed by atoms with Crippen LogP contribution in [0.5, 0.6) is 0 Å². The van der Waals surface area contributed by atoms with Crippen LogP contribution in [0.4, 0.5) is 0 Å². The molecule has 0 fully saturated rings. The molecule has 0 amide bonds. The maximum atomic E-state index is 10.8. The number of hydrogen-bond acceptors (Lipinski definition) is 4. The number of aromatic nitrogens is 2. The van der Waals surface area contributed by atoms with Gasteiger partial charge in [0, 0.05) is 6.42 Å². The highest BCUT2D eigenvalue weighted by molar-refractivity contribution is 5.66. The van der Waals surface area contributed by atoms with E-state index in [9.17, 15) is 14.4 Å². The lowest BCUT2D eigenvalue weighted by Crippen LogP contribution is -2.17. The highest BCUT2D eigenvalue weighted by Gasteiger charge is 2.03. The molecule has 0 aliphatic heterocycles. The molecule has 1 aromatic heterocycles. The quantitative estimate of drug-likeness (QED) is 0.630. The van der Waals surface area contributed by atoms with Gasteiger partial charge in [-0.3, -0.25) is 4.79 Å². The molecule has 0 atom stereocenters. The molecular formula is C6H8N2O5. The Hall–Kier alpha value is -1.79. The second-order valence-corrected chi connectivity index (χ2v) is 2.41. The lowest BCUT2D eigenvalue weighted by Gasteiger charge is -1.94. The van der Waals surface area contributed by atoms with Gasteiger partial charge in [0.15, 0.2) is 0 Å². The van der Waals surface area contributed by atoms with Crippen LogP contribution in [-0.2, 0) is 11.3 Å². The average Bonchev–Trinajstić information content (AvgIpc) is 2.29. The van der Waals surface area contributed by atoms with Gasteiger partial charge < -0.3 is 9.63 Å². The van der Waals surface area contributed by atoms with E-state index in [0.717, 1.165) is 4.74 Å². The number of hydrogen-bond donors (Lipinski definition) is 2. The van der Waals surface area contributed by atoms with Crippen molar-refractivity contribution in [2.45, 2.75) is 19.4 Å². The average molecular weight is 188 g/mol. The van der Waals surface area contributed by atoms with Crippen molar-refractivity contribution in [2.75, 3.05) is 0 Å².